The van der Waals surface area contributed by atoms with Gasteiger partial charge in [-0.15, -0.1) is 0 Å². The number of aromatic amines is 1. The maximum absolute atomic E-state index is 14.5. The molecule has 9 nitrogen and oxygen atoms in total. The third-order valence-corrected chi connectivity index (χ3v) is 9.63. The van der Waals surface area contributed by atoms with Crippen LogP contribution in [-0.2, 0) is 31.7 Å². The lowest BCUT2D eigenvalue weighted by atomic mass is 9.76. The van der Waals surface area contributed by atoms with Gasteiger partial charge < -0.3 is 14.8 Å². The molecule has 0 saturated heterocycles. The Bertz CT molecular complexity index is 1960. The smallest absolute Gasteiger partial charge is 0.408 e. The summed E-state index contributed by atoms with van der Waals surface area (Å²) in [5.41, 5.74) is 1.81. The number of nitrogens with zero attached hydrogens (tertiary/aromatic N) is 4. The third kappa shape index (κ3) is 6.01. The Kier molecular flexibility index (Phi) is 8.28. The van der Waals surface area contributed by atoms with Gasteiger partial charge >= 0.3 is 6.09 Å². The molecule has 4 heterocycles. The van der Waals surface area contributed by atoms with Crippen molar-refractivity contribution < 1.29 is 19.0 Å². The average Bonchev–Trinajstić information content (AvgIpc) is 3.27. The first kappa shape index (κ1) is 30.7. The standard InChI is InChI=1S/C36H33ClFN5O4/c37-31-28(19-23-11-13-27(38)14-12-23)39-32(41-31)29-30(47-22-26-9-5-2-6-10-26)33(44)42-20-25-15-17-36(18-16-25,34(42)40-29)43(35(45)46)21-24-7-3-1-4-8-24/h1-14,25H,15-22H2,(H,39,41)(H,45,46). The number of hydrogen-bond donors (Lipinski definition) is 2. The zero-order valence-electron chi connectivity index (χ0n) is 25.5. The molecule has 1 aliphatic carbocycles. The highest BCUT2D eigenvalue weighted by molar-refractivity contribution is 6.30. The fourth-order valence-corrected chi connectivity index (χ4v) is 7.08. The second-order valence-electron chi connectivity index (χ2n) is 12.3. The molecule has 5 aromatic rings. The number of carbonyl (C=O) groups is 1. The van der Waals surface area contributed by atoms with Crippen LogP contribution in [0.25, 0.3) is 11.5 Å². The topological polar surface area (TPSA) is 113 Å². The van der Waals surface area contributed by atoms with Gasteiger partial charge in [-0.2, -0.15) is 0 Å². The highest BCUT2D eigenvalue weighted by Gasteiger charge is 2.50. The molecule has 3 aliphatic rings. The first-order chi connectivity index (χ1) is 22.8. The molecule has 1 fully saturated rings. The van der Waals surface area contributed by atoms with Crippen LogP contribution in [0.5, 0.6) is 5.75 Å². The molecule has 8 rings (SSSR count). The van der Waals surface area contributed by atoms with E-state index in [0.717, 1.165) is 29.5 Å². The van der Waals surface area contributed by atoms with E-state index in [2.05, 4.69) is 9.97 Å². The largest absolute Gasteiger partial charge is 0.481 e. The number of imidazole rings is 1. The predicted molar refractivity (Wildman–Crippen MR) is 175 cm³/mol. The summed E-state index contributed by atoms with van der Waals surface area (Å²) in [6, 6.07) is 25.0. The van der Waals surface area contributed by atoms with Crippen LogP contribution in [0, 0.1) is 11.7 Å². The van der Waals surface area contributed by atoms with Gasteiger partial charge in [-0.25, -0.2) is 19.2 Å². The molecule has 0 radical (unpaired) electrons. The van der Waals surface area contributed by atoms with Crippen molar-refractivity contribution in [3.8, 4) is 17.3 Å². The molecule has 2 aromatic heterocycles. The Labute approximate surface area is 275 Å². The predicted octanol–water partition coefficient (Wildman–Crippen LogP) is 7.18. The van der Waals surface area contributed by atoms with Crippen molar-refractivity contribution in [2.24, 2.45) is 5.92 Å². The second-order valence-corrected chi connectivity index (χ2v) is 12.6. The van der Waals surface area contributed by atoms with E-state index in [-0.39, 0.29) is 47.3 Å². The molecular formula is C36H33ClFN5O4. The third-order valence-electron chi connectivity index (χ3n) is 9.32. The number of ether oxygens (including phenoxy) is 1. The highest BCUT2D eigenvalue weighted by atomic mass is 35.5. The molecule has 2 N–H and O–H groups in total. The normalized spacial score (nSPS) is 18.4. The number of halogens is 2. The summed E-state index contributed by atoms with van der Waals surface area (Å²) in [5, 5.41) is 10.8. The lowest BCUT2D eigenvalue weighted by Gasteiger charge is -2.44. The quantitative estimate of drug-likeness (QED) is 0.174. The fourth-order valence-electron chi connectivity index (χ4n) is 6.88. The average molecular weight is 654 g/mol. The van der Waals surface area contributed by atoms with E-state index in [1.165, 1.54) is 17.0 Å². The SMILES string of the molecule is O=C(O)N(Cc1ccccc1)C12CCC(CC1)Cn1c2nc(-c2nc(Cl)c(Cc3ccc(F)cc3)[nH]2)c(OCc2ccccc2)c1=O. The molecule has 240 valence electrons. The van der Waals surface area contributed by atoms with Gasteiger partial charge in [0, 0.05) is 13.0 Å². The number of nitrogens with one attached hydrogen (secondary N) is 1. The van der Waals surface area contributed by atoms with E-state index in [0.29, 0.717) is 37.3 Å². The van der Waals surface area contributed by atoms with Crippen LogP contribution >= 0.6 is 11.6 Å². The van der Waals surface area contributed by atoms with E-state index in [9.17, 15) is 19.1 Å². The number of hydrogen-bond acceptors (Lipinski definition) is 5. The minimum atomic E-state index is -1.08. The number of rotatable bonds is 9. The van der Waals surface area contributed by atoms with Crippen LogP contribution in [-0.4, -0.2) is 35.6 Å². The Hall–Kier alpha value is -4.96. The number of H-pyrrole nitrogens is 1. The van der Waals surface area contributed by atoms with E-state index in [1.807, 2.05) is 60.7 Å². The van der Waals surface area contributed by atoms with Gasteiger partial charge in [-0.1, -0.05) is 84.4 Å². The summed E-state index contributed by atoms with van der Waals surface area (Å²) in [6.07, 6.45) is 1.83. The van der Waals surface area contributed by atoms with Crippen molar-refractivity contribution in [3.05, 3.63) is 134 Å². The summed E-state index contributed by atoms with van der Waals surface area (Å²) >= 11 is 6.63. The van der Waals surface area contributed by atoms with Gasteiger partial charge in [0.1, 0.15) is 23.8 Å². The summed E-state index contributed by atoms with van der Waals surface area (Å²) in [6.45, 7) is 0.677. The lowest BCUT2D eigenvalue weighted by molar-refractivity contribution is 0.0319. The lowest BCUT2D eigenvalue weighted by Crippen LogP contribution is -2.51. The van der Waals surface area contributed by atoms with Gasteiger partial charge in [0.05, 0.1) is 12.2 Å². The number of carboxylic acid groups (broad SMARTS) is 1. The van der Waals surface area contributed by atoms with Crippen LogP contribution in [0.4, 0.5) is 9.18 Å². The van der Waals surface area contributed by atoms with Gasteiger partial charge in [0.25, 0.3) is 5.56 Å². The number of benzene rings is 3. The summed E-state index contributed by atoms with van der Waals surface area (Å²) in [5.74, 6) is 0.484. The van der Waals surface area contributed by atoms with Crippen molar-refractivity contribution in [3.63, 3.8) is 0 Å². The Balaban J connectivity index is 1.38. The molecule has 1 amide bonds. The summed E-state index contributed by atoms with van der Waals surface area (Å²) in [4.78, 5) is 41.9. The van der Waals surface area contributed by atoms with E-state index in [1.54, 1.807) is 16.7 Å². The number of amides is 1. The van der Waals surface area contributed by atoms with Crippen molar-refractivity contribution in [1.82, 2.24) is 24.4 Å². The molecule has 0 unspecified atom stereocenters. The number of fused-ring (bicyclic) bond motifs is 2. The van der Waals surface area contributed by atoms with Crippen molar-refractivity contribution in [1.29, 1.82) is 0 Å². The van der Waals surface area contributed by atoms with E-state index < -0.39 is 17.2 Å². The molecule has 2 bridgehead atoms. The number of aromatic nitrogens is 4. The van der Waals surface area contributed by atoms with Gasteiger partial charge in [0.15, 0.2) is 16.7 Å². The van der Waals surface area contributed by atoms with E-state index >= 15 is 0 Å². The van der Waals surface area contributed by atoms with Crippen LogP contribution in [0.2, 0.25) is 5.15 Å². The minimum absolute atomic E-state index is 0.0118. The van der Waals surface area contributed by atoms with Crippen LogP contribution in [0.1, 0.15) is 53.9 Å². The maximum atomic E-state index is 14.5. The van der Waals surface area contributed by atoms with Gasteiger partial charge in [-0.3, -0.25) is 14.3 Å². The molecule has 11 heteroatoms. The Morgan fingerprint density at radius 2 is 1.64 bits per heavy atom. The molecule has 2 aliphatic heterocycles. The first-order valence-electron chi connectivity index (χ1n) is 15.7. The van der Waals surface area contributed by atoms with Crippen molar-refractivity contribution in [2.45, 2.75) is 57.3 Å². The monoisotopic (exact) mass is 653 g/mol. The molecular weight excluding hydrogens is 621 g/mol. The van der Waals surface area contributed by atoms with Crippen molar-refractivity contribution >= 4 is 17.7 Å². The van der Waals surface area contributed by atoms with Crippen LogP contribution in [0.3, 0.4) is 0 Å². The maximum Gasteiger partial charge on any atom is 0.408 e. The minimum Gasteiger partial charge on any atom is -0.481 e. The summed E-state index contributed by atoms with van der Waals surface area (Å²) in [7, 11) is 0. The van der Waals surface area contributed by atoms with Crippen molar-refractivity contribution in [2.75, 3.05) is 0 Å². The Morgan fingerprint density at radius 3 is 2.30 bits per heavy atom. The van der Waals surface area contributed by atoms with E-state index in [4.69, 9.17) is 21.3 Å². The van der Waals surface area contributed by atoms with Crippen LogP contribution < -0.4 is 10.3 Å². The van der Waals surface area contributed by atoms with Crippen LogP contribution in [0.15, 0.2) is 89.7 Å². The zero-order chi connectivity index (χ0) is 32.5. The second kappa shape index (κ2) is 12.7. The van der Waals surface area contributed by atoms with Gasteiger partial charge in [-0.05, 0) is 60.4 Å². The van der Waals surface area contributed by atoms with Gasteiger partial charge in [0.2, 0.25) is 5.75 Å². The molecule has 47 heavy (non-hydrogen) atoms. The Morgan fingerprint density at radius 1 is 0.979 bits per heavy atom. The highest BCUT2D eigenvalue weighted by Crippen LogP contribution is 2.48. The summed E-state index contributed by atoms with van der Waals surface area (Å²) < 4.78 is 21.4. The first-order valence-corrected chi connectivity index (χ1v) is 16.0. The molecule has 0 atom stereocenters. The fraction of sp³-hybridized carbons (Fsp3) is 0.278. The zero-order valence-corrected chi connectivity index (χ0v) is 26.3. The molecule has 1 saturated carbocycles. The molecule has 3 aromatic carbocycles. The molecule has 0 spiro atoms.